The lowest BCUT2D eigenvalue weighted by atomic mass is 10.1. The first-order chi connectivity index (χ1) is 7.34. The van der Waals surface area contributed by atoms with Crippen molar-refractivity contribution in [3.8, 4) is 0 Å². The molecule has 0 aliphatic heterocycles. The van der Waals surface area contributed by atoms with Gasteiger partial charge in [0.25, 0.3) is 0 Å². The average molecular weight is 196 g/mol. The number of nitrogens with zero attached hydrogens (tertiary/aromatic N) is 3. The van der Waals surface area contributed by atoms with Crippen molar-refractivity contribution >= 4 is 0 Å². The van der Waals surface area contributed by atoms with E-state index in [0.29, 0.717) is 6.17 Å². The van der Waals surface area contributed by atoms with Crippen molar-refractivity contribution in [2.75, 3.05) is 0 Å². The standard InChI is InChI=1S/C11H21N3/c1-2-3-4-5-6-7-8-10-14-11-9-12-13-14/h9,11H,2-8,10H2,1H3/i11D. The third-order valence-corrected chi connectivity index (χ3v) is 2.40. The zero-order valence-electron chi connectivity index (χ0n) is 10.1. The summed E-state index contributed by atoms with van der Waals surface area (Å²) < 4.78 is 9.12. The molecule has 0 amide bonds. The van der Waals surface area contributed by atoms with Crippen molar-refractivity contribution in [3.05, 3.63) is 12.4 Å². The Hall–Kier alpha value is -0.860. The molecule has 0 atom stereocenters. The van der Waals surface area contributed by atoms with Crippen molar-refractivity contribution in [2.24, 2.45) is 0 Å². The van der Waals surface area contributed by atoms with Crippen molar-refractivity contribution in [1.82, 2.24) is 15.0 Å². The molecule has 1 rings (SSSR count). The van der Waals surface area contributed by atoms with Crippen LogP contribution in [-0.2, 0) is 6.54 Å². The summed E-state index contributed by atoms with van der Waals surface area (Å²) in [5.41, 5.74) is 0. The van der Waals surface area contributed by atoms with Gasteiger partial charge in [0.15, 0.2) is 0 Å². The average Bonchev–Trinajstić information content (AvgIpc) is 2.63. The normalized spacial score (nSPS) is 11.6. The van der Waals surface area contributed by atoms with Crippen LogP contribution in [0, 0.1) is 0 Å². The molecule has 14 heavy (non-hydrogen) atoms. The topological polar surface area (TPSA) is 30.7 Å². The lowest BCUT2D eigenvalue weighted by Gasteiger charge is -2.01. The smallest absolute Gasteiger partial charge is 0.0854 e. The van der Waals surface area contributed by atoms with E-state index < -0.39 is 0 Å². The maximum atomic E-state index is 7.46. The first-order valence-electron chi connectivity index (χ1n) is 6.19. The first-order valence-corrected chi connectivity index (χ1v) is 5.69. The predicted molar refractivity (Wildman–Crippen MR) is 58.0 cm³/mol. The van der Waals surface area contributed by atoms with E-state index in [1.165, 1.54) is 44.7 Å². The molecule has 0 unspecified atom stereocenters. The maximum absolute atomic E-state index is 7.46. The molecular formula is C11H21N3. The highest BCUT2D eigenvalue weighted by Crippen LogP contribution is 2.07. The molecule has 0 bridgehead atoms. The van der Waals surface area contributed by atoms with E-state index in [-0.39, 0.29) is 0 Å². The molecule has 0 spiro atoms. The summed E-state index contributed by atoms with van der Waals surface area (Å²) in [7, 11) is 0. The predicted octanol–water partition coefficient (Wildman–Crippen LogP) is 3.03. The Kier molecular flexibility index (Phi) is 5.21. The summed E-state index contributed by atoms with van der Waals surface area (Å²) in [6.07, 6.45) is 10.9. The second kappa shape index (κ2) is 7.54. The van der Waals surface area contributed by atoms with Gasteiger partial charge in [-0.25, -0.2) is 0 Å². The molecule has 0 aliphatic rings. The van der Waals surface area contributed by atoms with Gasteiger partial charge in [-0.05, 0) is 6.42 Å². The summed E-state index contributed by atoms with van der Waals surface area (Å²) in [5, 5.41) is 7.53. The molecule has 0 radical (unpaired) electrons. The van der Waals surface area contributed by atoms with E-state index >= 15 is 0 Å². The van der Waals surface area contributed by atoms with Gasteiger partial charge in [-0.15, -0.1) is 5.10 Å². The minimum atomic E-state index is 0.418. The Balaban J connectivity index is 1.96. The largest absolute Gasteiger partial charge is 0.253 e. The van der Waals surface area contributed by atoms with Crippen LogP contribution in [0.5, 0.6) is 0 Å². The molecule has 3 heteroatoms. The van der Waals surface area contributed by atoms with Crippen LogP contribution in [0.15, 0.2) is 12.4 Å². The van der Waals surface area contributed by atoms with Crippen LogP contribution in [0.3, 0.4) is 0 Å². The van der Waals surface area contributed by atoms with E-state index in [9.17, 15) is 0 Å². The lowest BCUT2D eigenvalue weighted by molar-refractivity contribution is 0.513. The van der Waals surface area contributed by atoms with E-state index in [0.717, 1.165) is 13.0 Å². The van der Waals surface area contributed by atoms with Gasteiger partial charge in [0.2, 0.25) is 0 Å². The molecule has 1 heterocycles. The van der Waals surface area contributed by atoms with Crippen LogP contribution in [0.2, 0.25) is 0 Å². The summed E-state index contributed by atoms with van der Waals surface area (Å²) in [4.78, 5) is 0. The van der Waals surface area contributed by atoms with Gasteiger partial charge in [-0.1, -0.05) is 50.7 Å². The second-order valence-corrected chi connectivity index (χ2v) is 3.71. The second-order valence-electron chi connectivity index (χ2n) is 3.71. The summed E-state index contributed by atoms with van der Waals surface area (Å²) in [6, 6.07) is 0. The molecule has 0 saturated heterocycles. The van der Waals surface area contributed by atoms with Gasteiger partial charge in [0.05, 0.1) is 7.57 Å². The number of hydrogen-bond acceptors (Lipinski definition) is 2. The SMILES string of the molecule is [2H]c1cnnn1CCCCCCCCC. The van der Waals surface area contributed by atoms with Crippen LogP contribution in [-0.4, -0.2) is 15.0 Å². The number of rotatable bonds is 8. The van der Waals surface area contributed by atoms with Crippen molar-refractivity contribution in [3.63, 3.8) is 0 Å². The Morgan fingerprint density at radius 2 is 1.86 bits per heavy atom. The summed E-state index contributed by atoms with van der Waals surface area (Å²) >= 11 is 0. The van der Waals surface area contributed by atoms with E-state index in [4.69, 9.17) is 1.37 Å². The van der Waals surface area contributed by atoms with Gasteiger partial charge in [0, 0.05) is 12.7 Å². The molecular weight excluding hydrogens is 174 g/mol. The van der Waals surface area contributed by atoms with Gasteiger partial charge in [-0.2, -0.15) is 0 Å². The molecule has 0 aromatic carbocycles. The van der Waals surface area contributed by atoms with Crippen molar-refractivity contribution in [2.45, 2.75) is 58.4 Å². The molecule has 1 aromatic rings. The van der Waals surface area contributed by atoms with E-state index in [1.54, 1.807) is 4.68 Å². The van der Waals surface area contributed by atoms with Crippen LogP contribution >= 0.6 is 0 Å². The van der Waals surface area contributed by atoms with Crippen LogP contribution in [0.1, 0.15) is 53.2 Å². The van der Waals surface area contributed by atoms with E-state index in [1.807, 2.05) is 0 Å². The van der Waals surface area contributed by atoms with Crippen LogP contribution in [0.25, 0.3) is 0 Å². The fraction of sp³-hybridized carbons (Fsp3) is 0.818. The minimum Gasteiger partial charge on any atom is -0.253 e. The number of aromatic nitrogens is 3. The molecule has 0 aliphatic carbocycles. The van der Waals surface area contributed by atoms with Gasteiger partial charge in [0.1, 0.15) is 0 Å². The number of hydrogen-bond donors (Lipinski definition) is 0. The van der Waals surface area contributed by atoms with Crippen LogP contribution in [0.4, 0.5) is 0 Å². The molecule has 0 saturated carbocycles. The fourth-order valence-corrected chi connectivity index (χ4v) is 1.53. The quantitative estimate of drug-likeness (QED) is 0.598. The monoisotopic (exact) mass is 196 g/mol. The minimum absolute atomic E-state index is 0.418. The highest BCUT2D eigenvalue weighted by atomic mass is 15.4. The molecule has 0 fully saturated rings. The Morgan fingerprint density at radius 1 is 1.14 bits per heavy atom. The molecule has 80 valence electrons. The fourth-order valence-electron chi connectivity index (χ4n) is 1.53. The maximum Gasteiger partial charge on any atom is 0.0854 e. The van der Waals surface area contributed by atoms with Gasteiger partial charge < -0.3 is 0 Å². The zero-order chi connectivity index (χ0) is 10.9. The Bertz CT molecular complexity index is 260. The van der Waals surface area contributed by atoms with Crippen molar-refractivity contribution < 1.29 is 1.37 Å². The first kappa shape index (κ1) is 9.69. The van der Waals surface area contributed by atoms with Crippen LogP contribution < -0.4 is 0 Å². The summed E-state index contributed by atoms with van der Waals surface area (Å²) in [6.45, 7) is 3.08. The Labute approximate surface area is 87.9 Å². The highest BCUT2D eigenvalue weighted by molar-refractivity contribution is 4.63. The summed E-state index contributed by atoms with van der Waals surface area (Å²) in [5.74, 6) is 0. The zero-order valence-corrected chi connectivity index (χ0v) is 9.08. The third-order valence-electron chi connectivity index (χ3n) is 2.40. The van der Waals surface area contributed by atoms with Gasteiger partial charge in [-0.3, -0.25) is 4.68 Å². The lowest BCUT2D eigenvalue weighted by Crippen LogP contribution is -1.98. The number of unbranched alkanes of at least 4 members (excludes halogenated alkanes) is 6. The van der Waals surface area contributed by atoms with Gasteiger partial charge >= 0.3 is 0 Å². The van der Waals surface area contributed by atoms with E-state index in [2.05, 4.69) is 17.2 Å². The number of aryl methyl sites for hydroxylation is 1. The molecule has 1 aromatic heterocycles. The third kappa shape index (κ3) is 5.00. The highest BCUT2D eigenvalue weighted by Gasteiger charge is 1.92. The molecule has 0 N–H and O–H groups in total. The Morgan fingerprint density at radius 3 is 2.50 bits per heavy atom. The van der Waals surface area contributed by atoms with Crippen molar-refractivity contribution in [1.29, 1.82) is 0 Å². The molecule has 3 nitrogen and oxygen atoms in total.